The average Bonchev–Trinajstić information content (AvgIpc) is 2.19. The van der Waals surface area contributed by atoms with Gasteiger partial charge in [-0.3, -0.25) is 4.79 Å². The summed E-state index contributed by atoms with van der Waals surface area (Å²) in [4.78, 5) is 11.0. The summed E-state index contributed by atoms with van der Waals surface area (Å²) >= 11 is 0. The van der Waals surface area contributed by atoms with Crippen molar-refractivity contribution in [1.29, 1.82) is 0 Å². The van der Waals surface area contributed by atoms with Gasteiger partial charge in [0.15, 0.2) is 0 Å². The summed E-state index contributed by atoms with van der Waals surface area (Å²) < 4.78 is 50.2. The number of amides is 1. The lowest BCUT2D eigenvalue weighted by Gasteiger charge is -2.15. The Labute approximate surface area is 94.6 Å². The van der Waals surface area contributed by atoms with Gasteiger partial charge in [0.1, 0.15) is 11.9 Å². The predicted octanol–water partition coefficient (Wildman–Crippen LogP) is 1.59. The number of halogens is 4. The summed E-state index contributed by atoms with van der Waals surface area (Å²) in [6, 6.07) is 1.22. The normalized spacial score (nSPS) is 13.5. The summed E-state index contributed by atoms with van der Waals surface area (Å²) in [6.07, 6.45) is -4.81. The van der Waals surface area contributed by atoms with Crippen LogP contribution in [0.15, 0.2) is 18.2 Å². The number of nitrogens with two attached hydrogens (primary N) is 1. The number of nitrogens with one attached hydrogen (secondary N) is 1. The first-order valence-electron chi connectivity index (χ1n) is 4.60. The van der Waals surface area contributed by atoms with Gasteiger partial charge in [-0.1, -0.05) is 6.07 Å². The molecule has 0 saturated heterocycles. The Morgan fingerprint density at radius 2 is 2.00 bits per heavy atom. The third-order valence-electron chi connectivity index (χ3n) is 2.20. The van der Waals surface area contributed by atoms with Crippen LogP contribution in [0.3, 0.4) is 0 Å². The molecule has 17 heavy (non-hydrogen) atoms. The predicted molar refractivity (Wildman–Crippen MR) is 52.4 cm³/mol. The van der Waals surface area contributed by atoms with Crippen molar-refractivity contribution in [3.8, 4) is 0 Å². The van der Waals surface area contributed by atoms with Crippen molar-refractivity contribution in [2.24, 2.45) is 5.73 Å². The van der Waals surface area contributed by atoms with Crippen LogP contribution in [0.5, 0.6) is 0 Å². The summed E-state index contributed by atoms with van der Waals surface area (Å²) in [7, 11) is 1.37. The van der Waals surface area contributed by atoms with E-state index in [-0.39, 0.29) is 5.56 Å². The molecule has 3 nitrogen and oxygen atoms in total. The average molecular weight is 250 g/mol. The molecule has 0 saturated carbocycles. The van der Waals surface area contributed by atoms with Gasteiger partial charge in [0.05, 0.1) is 5.56 Å². The van der Waals surface area contributed by atoms with Gasteiger partial charge in [-0.05, 0) is 24.7 Å². The highest BCUT2D eigenvalue weighted by atomic mass is 19.4. The van der Waals surface area contributed by atoms with Gasteiger partial charge in [0.25, 0.3) is 0 Å². The number of hydrogen-bond acceptors (Lipinski definition) is 2. The molecule has 1 unspecified atom stereocenters. The Balaban J connectivity index is 3.25. The van der Waals surface area contributed by atoms with Crippen molar-refractivity contribution in [2.75, 3.05) is 7.05 Å². The fourth-order valence-electron chi connectivity index (χ4n) is 1.41. The molecule has 0 fully saturated rings. The van der Waals surface area contributed by atoms with E-state index in [1.165, 1.54) is 7.05 Å². The second-order valence-electron chi connectivity index (χ2n) is 3.36. The van der Waals surface area contributed by atoms with Crippen LogP contribution in [0.25, 0.3) is 0 Å². The van der Waals surface area contributed by atoms with Crippen LogP contribution in [-0.4, -0.2) is 13.0 Å². The molecule has 7 heteroatoms. The molecule has 3 N–H and O–H groups in total. The van der Waals surface area contributed by atoms with Gasteiger partial charge < -0.3 is 11.1 Å². The third kappa shape index (κ3) is 2.94. The van der Waals surface area contributed by atoms with Crippen molar-refractivity contribution >= 4 is 5.91 Å². The molecular weight excluding hydrogens is 240 g/mol. The molecule has 1 rings (SSSR count). The van der Waals surface area contributed by atoms with Crippen LogP contribution in [0.1, 0.15) is 17.2 Å². The zero-order valence-corrected chi connectivity index (χ0v) is 8.81. The zero-order chi connectivity index (χ0) is 13.2. The van der Waals surface area contributed by atoms with E-state index in [1.807, 2.05) is 0 Å². The van der Waals surface area contributed by atoms with E-state index < -0.39 is 29.5 Å². The van der Waals surface area contributed by atoms with Crippen molar-refractivity contribution in [2.45, 2.75) is 12.2 Å². The van der Waals surface area contributed by atoms with E-state index in [0.29, 0.717) is 12.1 Å². The van der Waals surface area contributed by atoms with Crippen LogP contribution in [0, 0.1) is 5.82 Å². The molecular formula is C10H10F4N2O. The van der Waals surface area contributed by atoms with E-state index in [4.69, 9.17) is 5.73 Å². The maximum Gasteiger partial charge on any atom is 0.419 e. The molecule has 0 bridgehead atoms. The molecule has 0 heterocycles. The Kier molecular flexibility index (Phi) is 3.72. The summed E-state index contributed by atoms with van der Waals surface area (Å²) in [5.74, 6) is -2.23. The molecule has 1 atom stereocenters. The van der Waals surface area contributed by atoms with E-state index in [9.17, 15) is 22.4 Å². The van der Waals surface area contributed by atoms with Crippen LogP contribution in [0.2, 0.25) is 0 Å². The number of hydrogen-bond donors (Lipinski definition) is 2. The van der Waals surface area contributed by atoms with E-state index >= 15 is 0 Å². The van der Waals surface area contributed by atoms with Crippen molar-refractivity contribution in [3.05, 3.63) is 35.1 Å². The Bertz CT molecular complexity index is 431. The molecule has 94 valence electrons. The fourth-order valence-corrected chi connectivity index (χ4v) is 1.41. The zero-order valence-electron chi connectivity index (χ0n) is 8.81. The largest absolute Gasteiger partial charge is 0.419 e. The second kappa shape index (κ2) is 4.70. The molecule has 0 radical (unpaired) electrons. The first-order chi connectivity index (χ1) is 7.77. The first kappa shape index (κ1) is 13.4. The molecule has 1 amide bonds. The number of benzene rings is 1. The van der Waals surface area contributed by atoms with Crippen molar-refractivity contribution in [1.82, 2.24) is 5.32 Å². The van der Waals surface area contributed by atoms with Crippen molar-refractivity contribution < 1.29 is 22.4 Å². The quantitative estimate of drug-likeness (QED) is 0.800. The van der Waals surface area contributed by atoms with Gasteiger partial charge in [-0.15, -0.1) is 0 Å². The van der Waals surface area contributed by atoms with Gasteiger partial charge >= 0.3 is 6.18 Å². The molecule has 0 aliphatic carbocycles. The number of primary amides is 1. The minimum atomic E-state index is -4.81. The lowest BCUT2D eigenvalue weighted by Crippen LogP contribution is -2.31. The number of carbonyl (C=O) groups is 1. The summed E-state index contributed by atoms with van der Waals surface area (Å²) in [5, 5.41) is 2.45. The minimum absolute atomic E-state index is 0.0336. The van der Waals surface area contributed by atoms with Crippen LogP contribution in [-0.2, 0) is 11.0 Å². The molecule has 0 aliphatic rings. The van der Waals surface area contributed by atoms with E-state index in [1.54, 1.807) is 0 Å². The number of alkyl halides is 3. The van der Waals surface area contributed by atoms with Crippen LogP contribution < -0.4 is 11.1 Å². The van der Waals surface area contributed by atoms with E-state index in [0.717, 1.165) is 6.07 Å². The topological polar surface area (TPSA) is 55.1 Å². The van der Waals surface area contributed by atoms with E-state index in [2.05, 4.69) is 5.32 Å². The lowest BCUT2D eigenvalue weighted by molar-refractivity contribution is -0.140. The highest BCUT2D eigenvalue weighted by Crippen LogP contribution is 2.32. The maximum atomic E-state index is 13.0. The van der Waals surface area contributed by atoms with Gasteiger partial charge in [-0.25, -0.2) is 4.39 Å². The highest BCUT2D eigenvalue weighted by Gasteiger charge is 2.35. The van der Waals surface area contributed by atoms with Crippen LogP contribution >= 0.6 is 0 Å². The highest BCUT2D eigenvalue weighted by molar-refractivity contribution is 5.81. The molecule has 0 spiro atoms. The molecule has 0 aromatic heterocycles. The monoisotopic (exact) mass is 250 g/mol. The Hall–Kier alpha value is -1.63. The molecule has 1 aromatic carbocycles. The molecule has 0 aliphatic heterocycles. The molecule has 1 aromatic rings. The second-order valence-corrected chi connectivity index (χ2v) is 3.36. The Morgan fingerprint density at radius 1 is 1.41 bits per heavy atom. The van der Waals surface area contributed by atoms with Gasteiger partial charge in [0.2, 0.25) is 5.91 Å². The van der Waals surface area contributed by atoms with Gasteiger partial charge in [0, 0.05) is 0 Å². The minimum Gasteiger partial charge on any atom is -0.368 e. The lowest BCUT2D eigenvalue weighted by atomic mass is 10.0. The summed E-state index contributed by atoms with van der Waals surface area (Å²) in [6.45, 7) is 0. The van der Waals surface area contributed by atoms with Crippen molar-refractivity contribution in [3.63, 3.8) is 0 Å². The fraction of sp³-hybridized carbons (Fsp3) is 0.300. The summed E-state index contributed by atoms with van der Waals surface area (Å²) in [5.41, 5.74) is 3.55. The third-order valence-corrected chi connectivity index (χ3v) is 2.20. The Morgan fingerprint density at radius 3 is 2.41 bits per heavy atom. The van der Waals surface area contributed by atoms with Gasteiger partial charge in [-0.2, -0.15) is 13.2 Å². The SMILES string of the molecule is CNC(C(N)=O)c1ccc(F)c(C(F)(F)F)c1. The standard InChI is InChI=1S/C10H10F4N2O/c1-16-8(9(15)17)5-2-3-7(11)6(4-5)10(12,13)14/h2-4,8,16H,1H3,(H2,15,17). The van der Waals surface area contributed by atoms with Crippen LogP contribution in [0.4, 0.5) is 17.6 Å². The number of carbonyl (C=O) groups excluding carboxylic acids is 1. The maximum absolute atomic E-state index is 13.0. The smallest absolute Gasteiger partial charge is 0.368 e. The first-order valence-corrected chi connectivity index (χ1v) is 4.60. The number of rotatable bonds is 3. The number of likely N-dealkylation sites (N-methyl/N-ethyl adjacent to an activating group) is 1.